The summed E-state index contributed by atoms with van der Waals surface area (Å²) < 4.78 is 1.94. The summed E-state index contributed by atoms with van der Waals surface area (Å²) in [6.07, 6.45) is 1.95. The van der Waals surface area contributed by atoms with Crippen molar-refractivity contribution in [1.29, 1.82) is 0 Å². The van der Waals surface area contributed by atoms with Gasteiger partial charge in [-0.15, -0.1) is 0 Å². The van der Waals surface area contributed by atoms with Crippen LogP contribution in [0.25, 0.3) is 28.0 Å². The molecule has 5 aromatic rings. The molecule has 3 aromatic carbocycles. The third-order valence-corrected chi connectivity index (χ3v) is 5.25. The Hall–Kier alpha value is -4.58. The first-order valence-corrected chi connectivity index (χ1v) is 10.1. The maximum Gasteiger partial charge on any atom is 0.335 e. The van der Waals surface area contributed by atoms with Gasteiger partial charge in [-0.1, -0.05) is 42.5 Å². The van der Waals surface area contributed by atoms with Crippen LogP contribution in [0, 0.1) is 0 Å². The number of aromatic carboxylic acids is 1. The first kappa shape index (κ1) is 19.4. The van der Waals surface area contributed by atoms with Crippen LogP contribution in [0.4, 0.5) is 11.5 Å². The van der Waals surface area contributed by atoms with Crippen LogP contribution in [-0.4, -0.2) is 25.6 Å². The van der Waals surface area contributed by atoms with Gasteiger partial charge in [-0.2, -0.15) is 0 Å². The van der Waals surface area contributed by atoms with Crippen molar-refractivity contribution in [2.24, 2.45) is 0 Å². The minimum absolute atomic E-state index is 0.154. The van der Waals surface area contributed by atoms with Gasteiger partial charge in [-0.05, 0) is 59.7 Å². The van der Waals surface area contributed by atoms with Gasteiger partial charge < -0.3 is 15.5 Å². The van der Waals surface area contributed by atoms with Crippen molar-refractivity contribution in [3.05, 3.63) is 103 Å². The molecule has 0 amide bonds. The predicted octanol–water partition coefficient (Wildman–Crippen LogP) is 5.82. The minimum atomic E-state index is -0.972. The van der Waals surface area contributed by atoms with E-state index in [1.807, 2.05) is 59.1 Å². The summed E-state index contributed by atoms with van der Waals surface area (Å²) in [4.78, 5) is 16.0. The van der Waals surface area contributed by atoms with E-state index in [-0.39, 0.29) is 11.3 Å². The molecule has 0 unspecified atom stereocenters. The number of carboxylic acid groups (broad SMARTS) is 1. The first-order chi connectivity index (χ1) is 15.6. The van der Waals surface area contributed by atoms with Gasteiger partial charge in [0, 0.05) is 17.4 Å². The molecule has 0 saturated carbocycles. The Morgan fingerprint density at radius 2 is 1.56 bits per heavy atom. The number of nitrogens with one attached hydrogen (secondary N) is 1. The van der Waals surface area contributed by atoms with E-state index in [0.717, 1.165) is 28.0 Å². The second-order valence-electron chi connectivity index (χ2n) is 7.38. The van der Waals surface area contributed by atoms with Crippen molar-refractivity contribution in [2.75, 3.05) is 5.32 Å². The number of imidazole rings is 1. The molecule has 0 saturated heterocycles. The molecule has 0 spiro atoms. The molecule has 2 aromatic heterocycles. The zero-order chi connectivity index (χ0) is 22.1. The number of hydrogen-bond donors (Lipinski definition) is 3. The monoisotopic (exact) mass is 421 g/mol. The van der Waals surface area contributed by atoms with Gasteiger partial charge in [-0.25, -0.2) is 9.78 Å². The molecule has 0 atom stereocenters. The van der Waals surface area contributed by atoms with E-state index in [2.05, 4.69) is 5.32 Å². The Morgan fingerprint density at radius 1 is 0.812 bits per heavy atom. The molecular weight excluding hydrogens is 402 g/mol. The van der Waals surface area contributed by atoms with Crippen LogP contribution in [0.5, 0.6) is 5.75 Å². The van der Waals surface area contributed by atoms with Gasteiger partial charge >= 0.3 is 5.97 Å². The van der Waals surface area contributed by atoms with Crippen molar-refractivity contribution in [1.82, 2.24) is 9.38 Å². The largest absolute Gasteiger partial charge is 0.508 e. The van der Waals surface area contributed by atoms with Crippen molar-refractivity contribution >= 4 is 23.1 Å². The molecule has 0 fully saturated rings. The maximum absolute atomic E-state index is 11.2. The molecule has 0 aliphatic carbocycles. The van der Waals surface area contributed by atoms with E-state index in [0.29, 0.717) is 11.5 Å². The zero-order valence-electron chi connectivity index (χ0n) is 16.9. The second kappa shape index (κ2) is 7.92. The lowest BCUT2D eigenvalue weighted by molar-refractivity contribution is 0.0697. The number of fused-ring (bicyclic) bond motifs is 1. The van der Waals surface area contributed by atoms with E-state index >= 15 is 0 Å². The molecule has 6 heteroatoms. The highest BCUT2D eigenvalue weighted by Crippen LogP contribution is 2.34. The van der Waals surface area contributed by atoms with Crippen molar-refractivity contribution < 1.29 is 15.0 Å². The summed E-state index contributed by atoms with van der Waals surface area (Å²) in [5.41, 5.74) is 5.26. The Balaban J connectivity index is 1.64. The summed E-state index contributed by atoms with van der Waals surface area (Å²) in [7, 11) is 0. The number of carboxylic acids is 1. The average molecular weight is 421 g/mol. The van der Waals surface area contributed by atoms with Gasteiger partial charge in [0.15, 0.2) is 0 Å². The van der Waals surface area contributed by atoms with E-state index in [1.165, 1.54) is 0 Å². The van der Waals surface area contributed by atoms with Gasteiger partial charge in [0.1, 0.15) is 22.9 Å². The highest BCUT2D eigenvalue weighted by molar-refractivity contribution is 5.88. The lowest BCUT2D eigenvalue weighted by Crippen LogP contribution is -1.99. The van der Waals surface area contributed by atoms with E-state index < -0.39 is 5.97 Å². The number of rotatable bonds is 5. The van der Waals surface area contributed by atoms with Gasteiger partial charge in [-0.3, -0.25) is 4.40 Å². The number of nitrogens with zero attached hydrogens (tertiary/aromatic N) is 2. The number of anilines is 2. The summed E-state index contributed by atoms with van der Waals surface area (Å²) >= 11 is 0. The number of phenols is 1. The van der Waals surface area contributed by atoms with Crippen LogP contribution >= 0.6 is 0 Å². The van der Waals surface area contributed by atoms with Crippen LogP contribution in [-0.2, 0) is 0 Å². The molecule has 156 valence electrons. The fourth-order valence-corrected chi connectivity index (χ4v) is 3.66. The molecule has 2 heterocycles. The Morgan fingerprint density at radius 3 is 2.28 bits per heavy atom. The maximum atomic E-state index is 11.2. The SMILES string of the molecule is O=C(O)c1ccc(Nc2c(-c3cccc(O)c3)nc3cc(-c4ccccc4)ccn23)cc1. The van der Waals surface area contributed by atoms with Crippen LogP contribution in [0.1, 0.15) is 10.4 Å². The third kappa shape index (κ3) is 3.65. The molecule has 5 rings (SSSR count). The normalized spacial score (nSPS) is 10.9. The highest BCUT2D eigenvalue weighted by Gasteiger charge is 2.16. The number of phenolic OH excluding ortho intramolecular Hbond substituents is 1. The fraction of sp³-hybridized carbons (Fsp3) is 0. The van der Waals surface area contributed by atoms with Crippen molar-refractivity contribution in [3.8, 4) is 28.1 Å². The molecule has 0 bridgehead atoms. The molecular formula is C26H19N3O3. The summed E-state index contributed by atoms with van der Waals surface area (Å²) in [5.74, 6) is -0.102. The second-order valence-corrected chi connectivity index (χ2v) is 7.38. The van der Waals surface area contributed by atoms with Crippen LogP contribution in [0.3, 0.4) is 0 Å². The Bertz CT molecular complexity index is 1420. The Labute approximate surface area is 184 Å². The molecule has 6 nitrogen and oxygen atoms in total. The quantitative estimate of drug-likeness (QED) is 0.333. The van der Waals surface area contributed by atoms with E-state index in [9.17, 15) is 9.90 Å². The van der Waals surface area contributed by atoms with Crippen LogP contribution in [0.2, 0.25) is 0 Å². The smallest absolute Gasteiger partial charge is 0.335 e. The molecule has 0 aliphatic rings. The highest BCUT2D eigenvalue weighted by atomic mass is 16.4. The van der Waals surface area contributed by atoms with E-state index in [4.69, 9.17) is 10.1 Å². The predicted molar refractivity (Wildman–Crippen MR) is 124 cm³/mol. The van der Waals surface area contributed by atoms with Crippen LogP contribution < -0.4 is 5.32 Å². The lowest BCUT2D eigenvalue weighted by Gasteiger charge is -2.10. The lowest BCUT2D eigenvalue weighted by atomic mass is 10.1. The topological polar surface area (TPSA) is 86.9 Å². The minimum Gasteiger partial charge on any atom is -0.508 e. The number of carbonyl (C=O) groups is 1. The summed E-state index contributed by atoms with van der Waals surface area (Å²) in [6, 6.07) is 27.6. The Kier molecular flexibility index (Phi) is 4.80. The number of aromatic nitrogens is 2. The van der Waals surface area contributed by atoms with E-state index in [1.54, 1.807) is 42.5 Å². The van der Waals surface area contributed by atoms with Gasteiger partial charge in [0.25, 0.3) is 0 Å². The molecule has 32 heavy (non-hydrogen) atoms. The zero-order valence-corrected chi connectivity index (χ0v) is 16.9. The molecule has 3 N–H and O–H groups in total. The first-order valence-electron chi connectivity index (χ1n) is 10.1. The van der Waals surface area contributed by atoms with Gasteiger partial charge in [0.05, 0.1) is 5.56 Å². The van der Waals surface area contributed by atoms with Crippen LogP contribution in [0.15, 0.2) is 97.2 Å². The third-order valence-electron chi connectivity index (χ3n) is 5.25. The fourth-order valence-electron chi connectivity index (χ4n) is 3.66. The number of benzene rings is 3. The van der Waals surface area contributed by atoms with Crippen molar-refractivity contribution in [2.45, 2.75) is 0 Å². The molecule has 0 radical (unpaired) electrons. The van der Waals surface area contributed by atoms with Crippen molar-refractivity contribution in [3.63, 3.8) is 0 Å². The van der Waals surface area contributed by atoms with Gasteiger partial charge in [0.2, 0.25) is 0 Å². The summed E-state index contributed by atoms with van der Waals surface area (Å²) in [5, 5.41) is 22.5. The number of hydrogen-bond acceptors (Lipinski definition) is 4. The standard InChI is InChI=1S/C26H19N3O3/c30-22-8-4-7-20(15-22)24-25(27-21-11-9-18(10-12-21)26(31)32)29-14-13-19(16-23(29)28-24)17-5-2-1-3-6-17/h1-16,27,30H,(H,31,32). The number of pyridine rings is 1. The summed E-state index contributed by atoms with van der Waals surface area (Å²) in [6.45, 7) is 0. The number of aromatic hydroxyl groups is 1. The molecule has 0 aliphatic heterocycles. The average Bonchev–Trinajstić information content (AvgIpc) is 3.17.